The number of nitrogens with one attached hydrogen (secondary N) is 3. The highest BCUT2D eigenvalue weighted by atomic mass is 19.2. The molecule has 1 rings (SSSR count). The number of amides is 3. The highest BCUT2D eigenvalue weighted by molar-refractivity contribution is 5.95. The molecule has 1 aromatic rings. The molecule has 0 aliphatic heterocycles. The SMILES string of the molecule is C[C@@H](NC(=O)OC(C)(C)C)C(=O)NCC(=O)Nc1ccc(F)c(F)c1. The molecule has 0 aliphatic rings. The van der Waals surface area contributed by atoms with Gasteiger partial charge in [0.05, 0.1) is 6.54 Å². The first-order chi connectivity index (χ1) is 11.5. The number of halogens is 2. The number of alkyl carbamates (subject to hydrolysis) is 1. The first kappa shape index (κ1) is 20.3. The highest BCUT2D eigenvalue weighted by Gasteiger charge is 2.21. The molecule has 0 aromatic heterocycles. The fourth-order valence-corrected chi connectivity index (χ4v) is 1.65. The maximum absolute atomic E-state index is 13.0. The summed E-state index contributed by atoms with van der Waals surface area (Å²) in [5, 5.41) is 6.94. The van der Waals surface area contributed by atoms with Crippen LogP contribution < -0.4 is 16.0 Å². The third-order valence-electron chi connectivity index (χ3n) is 2.75. The van der Waals surface area contributed by atoms with Crippen LogP contribution in [0.5, 0.6) is 0 Å². The van der Waals surface area contributed by atoms with Gasteiger partial charge in [0.2, 0.25) is 11.8 Å². The Morgan fingerprint density at radius 1 is 1.16 bits per heavy atom. The molecule has 25 heavy (non-hydrogen) atoms. The summed E-state index contributed by atoms with van der Waals surface area (Å²) in [4.78, 5) is 35.1. The molecule has 3 N–H and O–H groups in total. The second-order valence-electron chi connectivity index (χ2n) is 6.26. The zero-order valence-electron chi connectivity index (χ0n) is 14.4. The van der Waals surface area contributed by atoms with Crippen molar-refractivity contribution in [2.24, 2.45) is 0 Å². The fraction of sp³-hybridized carbons (Fsp3) is 0.438. The summed E-state index contributed by atoms with van der Waals surface area (Å²) < 4.78 is 30.8. The van der Waals surface area contributed by atoms with E-state index >= 15 is 0 Å². The van der Waals surface area contributed by atoms with Gasteiger partial charge in [-0.05, 0) is 39.8 Å². The van der Waals surface area contributed by atoms with Crippen LogP contribution in [0.2, 0.25) is 0 Å². The molecule has 1 atom stereocenters. The normalized spacial score (nSPS) is 12.1. The molecule has 0 aliphatic carbocycles. The number of carbonyl (C=O) groups excluding carboxylic acids is 3. The maximum atomic E-state index is 13.0. The third kappa shape index (κ3) is 7.60. The lowest BCUT2D eigenvalue weighted by molar-refractivity contribution is -0.125. The van der Waals surface area contributed by atoms with Gasteiger partial charge in [0.1, 0.15) is 11.6 Å². The molecule has 0 heterocycles. The summed E-state index contributed by atoms with van der Waals surface area (Å²) >= 11 is 0. The van der Waals surface area contributed by atoms with Gasteiger partial charge in [-0.1, -0.05) is 0 Å². The van der Waals surface area contributed by atoms with Crippen LogP contribution in [-0.2, 0) is 14.3 Å². The van der Waals surface area contributed by atoms with E-state index in [9.17, 15) is 23.2 Å². The van der Waals surface area contributed by atoms with Gasteiger partial charge in [0.15, 0.2) is 11.6 Å². The standard InChI is InChI=1S/C16H21F2N3O4/c1-9(20-15(24)25-16(2,3)4)14(23)19-8-13(22)21-10-5-6-11(17)12(18)7-10/h5-7,9H,8H2,1-4H3,(H,19,23)(H,20,24)(H,21,22)/t9-/m1/s1. The Kier molecular flexibility index (Phi) is 6.84. The van der Waals surface area contributed by atoms with E-state index in [0.29, 0.717) is 0 Å². The number of anilines is 1. The van der Waals surface area contributed by atoms with Gasteiger partial charge >= 0.3 is 6.09 Å². The minimum Gasteiger partial charge on any atom is -0.444 e. The summed E-state index contributed by atoms with van der Waals surface area (Å²) in [6, 6.07) is 1.95. The van der Waals surface area contributed by atoms with E-state index in [1.807, 2.05) is 0 Å². The first-order valence-corrected chi connectivity index (χ1v) is 7.50. The number of benzene rings is 1. The summed E-state index contributed by atoms with van der Waals surface area (Å²) in [7, 11) is 0. The molecule has 138 valence electrons. The van der Waals surface area contributed by atoms with E-state index in [1.165, 1.54) is 13.0 Å². The van der Waals surface area contributed by atoms with Crippen molar-refractivity contribution in [2.75, 3.05) is 11.9 Å². The average Bonchev–Trinajstić information content (AvgIpc) is 2.46. The molecular formula is C16H21F2N3O4. The number of carbonyl (C=O) groups is 3. The Labute approximate surface area is 144 Å². The lowest BCUT2D eigenvalue weighted by atomic mass is 10.2. The van der Waals surface area contributed by atoms with E-state index in [0.717, 1.165) is 12.1 Å². The van der Waals surface area contributed by atoms with E-state index in [1.54, 1.807) is 20.8 Å². The predicted molar refractivity (Wildman–Crippen MR) is 86.8 cm³/mol. The summed E-state index contributed by atoms with van der Waals surface area (Å²) in [6.07, 6.45) is -0.763. The molecule has 7 nitrogen and oxygen atoms in total. The second kappa shape index (κ2) is 8.41. The van der Waals surface area contributed by atoms with Crippen molar-refractivity contribution in [3.05, 3.63) is 29.8 Å². The smallest absolute Gasteiger partial charge is 0.408 e. The Morgan fingerprint density at radius 2 is 1.80 bits per heavy atom. The van der Waals surface area contributed by atoms with E-state index in [-0.39, 0.29) is 5.69 Å². The largest absolute Gasteiger partial charge is 0.444 e. The highest BCUT2D eigenvalue weighted by Crippen LogP contribution is 2.12. The fourth-order valence-electron chi connectivity index (χ4n) is 1.65. The van der Waals surface area contributed by atoms with Crippen molar-refractivity contribution in [2.45, 2.75) is 39.3 Å². The molecule has 0 unspecified atom stereocenters. The molecule has 0 fully saturated rings. The zero-order valence-corrected chi connectivity index (χ0v) is 14.4. The van der Waals surface area contributed by atoms with Crippen LogP contribution in [0.15, 0.2) is 18.2 Å². The topological polar surface area (TPSA) is 96.5 Å². The van der Waals surface area contributed by atoms with E-state index < -0.39 is 47.7 Å². The second-order valence-corrected chi connectivity index (χ2v) is 6.26. The van der Waals surface area contributed by atoms with Crippen LogP contribution >= 0.6 is 0 Å². The van der Waals surface area contributed by atoms with E-state index in [4.69, 9.17) is 4.74 Å². The predicted octanol–water partition coefficient (Wildman–Crippen LogP) is 1.93. The lowest BCUT2D eigenvalue weighted by Crippen LogP contribution is -2.47. The molecule has 9 heteroatoms. The summed E-state index contributed by atoms with van der Waals surface area (Å²) in [5.74, 6) is -3.37. The maximum Gasteiger partial charge on any atom is 0.408 e. The van der Waals surface area contributed by atoms with Crippen molar-refractivity contribution in [1.82, 2.24) is 10.6 Å². The van der Waals surface area contributed by atoms with Gasteiger partial charge in [0, 0.05) is 11.8 Å². The molecule has 1 aromatic carbocycles. The van der Waals surface area contributed by atoms with Crippen molar-refractivity contribution in [3.63, 3.8) is 0 Å². The van der Waals surface area contributed by atoms with Gasteiger partial charge in [-0.25, -0.2) is 13.6 Å². The minimum atomic E-state index is -1.10. The molecule has 0 saturated carbocycles. The summed E-state index contributed by atoms with van der Waals surface area (Å²) in [6.45, 7) is 6.06. The van der Waals surface area contributed by atoms with E-state index in [2.05, 4.69) is 16.0 Å². The monoisotopic (exact) mass is 357 g/mol. The Hall–Kier alpha value is -2.71. The van der Waals surface area contributed by atoms with Crippen molar-refractivity contribution in [1.29, 1.82) is 0 Å². The van der Waals surface area contributed by atoms with Gasteiger partial charge < -0.3 is 20.7 Å². The average molecular weight is 357 g/mol. The minimum absolute atomic E-state index is 0.0538. The Balaban J connectivity index is 2.42. The van der Waals surface area contributed by atoms with Crippen molar-refractivity contribution in [3.8, 4) is 0 Å². The number of rotatable bonds is 5. The molecular weight excluding hydrogens is 336 g/mol. The van der Waals surface area contributed by atoms with Gasteiger partial charge in [-0.15, -0.1) is 0 Å². The lowest BCUT2D eigenvalue weighted by Gasteiger charge is -2.21. The van der Waals surface area contributed by atoms with Crippen LogP contribution in [0.25, 0.3) is 0 Å². The Morgan fingerprint density at radius 3 is 2.36 bits per heavy atom. The summed E-state index contributed by atoms with van der Waals surface area (Å²) in [5.41, 5.74) is -0.650. The molecule has 0 radical (unpaired) electrons. The van der Waals surface area contributed by atoms with Gasteiger partial charge in [0.25, 0.3) is 0 Å². The van der Waals surface area contributed by atoms with Gasteiger partial charge in [-0.2, -0.15) is 0 Å². The van der Waals surface area contributed by atoms with Crippen LogP contribution in [-0.4, -0.2) is 36.1 Å². The third-order valence-corrected chi connectivity index (χ3v) is 2.75. The van der Waals surface area contributed by atoms with Gasteiger partial charge in [-0.3, -0.25) is 9.59 Å². The first-order valence-electron chi connectivity index (χ1n) is 7.50. The number of hydrogen-bond donors (Lipinski definition) is 3. The Bertz CT molecular complexity index is 659. The number of ether oxygens (including phenoxy) is 1. The van der Waals surface area contributed by atoms with Crippen LogP contribution in [0.3, 0.4) is 0 Å². The van der Waals surface area contributed by atoms with Crippen molar-refractivity contribution >= 4 is 23.6 Å². The van der Waals surface area contributed by atoms with Crippen LogP contribution in [0.1, 0.15) is 27.7 Å². The molecule has 3 amide bonds. The molecule has 0 saturated heterocycles. The van der Waals surface area contributed by atoms with Crippen LogP contribution in [0, 0.1) is 11.6 Å². The quantitative estimate of drug-likeness (QED) is 0.750. The van der Waals surface area contributed by atoms with Crippen LogP contribution in [0.4, 0.5) is 19.3 Å². The number of hydrogen-bond acceptors (Lipinski definition) is 4. The molecule has 0 bridgehead atoms. The van der Waals surface area contributed by atoms with Crippen molar-refractivity contribution < 1.29 is 27.9 Å². The zero-order chi connectivity index (χ0) is 19.2. The molecule has 0 spiro atoms.